The third kappa shape index (κ3) is 4.02. The molecular weight excluding hydrogens is 259 g/mol. The molecule has 0 bridgehead atoms. The van der Waals surface area contributed by atoms with Crippen molar-refractivity contribution in [1.82, 2.24) is 9.80 Å². The van der Waals surface area contributed by atoms with Crippen LogP contribution >= 0.6 is 0 Å². The molecule has 1 aromatic rings. The highest BCUT2D eigenvalue weighted by Gasteiger charge is 2.21. The van der Waals surface area contributed by atoms with Crippen molar-refractivity contribution in [1.29, 1.82) is 0 Å². The summed E-state index contributed by atoms with van der Waals surface area (Å²) in [6.45, 7) is 6.31. The van der Waals surface area contributed by atoms with Crippen LogP contribution in [0.3, 0.4) is 0 Å². The quantitative estimate of drug-likeness (QED) is 0.891. The number of rotatable bonds is 5. The topological polar surface area (TPSA) is 43.8 Å². The van der Waals surface area contributed by atoms with Gasteiger partial charge in [-0.25, -0.2) is 4.39 Å². The Hall–Kier alpha value is -1.46. The van der Waals surface area contributed by atoms with E-state index in [0.717, 1.165) is 31.7 Å². The number of benzene rings is 1. The van der Waals surface area contributed by atoms with Gasteiger partial charge in [-0.3, -0.25) is 14.6 Å². The van der Waals surface area contributed by atoms with E-state index >= 15 is 0 Å². The number of nitrogens with zero attached hydrogens (tertiary/aromatic N) is 2. The summed E-state index contributed by atoms with van der Waals surface area (Å²) in [5, 5.41) is 8.91. The molecule has 1 N–H and O–H groups in total. The second-order valence-corrected chi connectivity index (χ2v) is 5.41. The Labute approximate surface area is 118 Å². The van der Waals surface area contributed by atoms with Gasteiger partial charge in [0.25, 0.3) is 0 Å². The van der Waals surface area contributed by atoms with Crippen LogP contribution in [0.15, 0.2) is 24.3 Å². The van der Waals surface area contributed by atoms with E-state index in [1.54, 1.807) is 13.0 Å². The lowest BCUT2D eigenvalue weighted by Crippen LogP contribution is -2.47. The summed E-state index contributed by atoms with van der Waals surface area (Å²) in [4.78, 5) is 15.2. The van der Waals surface area contributed by atoms with Crippen LogP contribution < -0.4 is 0 Å². The standard InChI is InChI=1S/C15H21FN2O2/c1-12(15(19)20)10-17-6-8-18(9-7-17)11-13-4-2-3-5-14(13)16/h2-5,12H,6-11H2,1H3,(H,19,20). The van der Waals surface area contributed by atoms with Gasteiger partial charge in [-0.15, -0.1) is 0 Å². The molecule has 5 heteroatoms. The van der Waals surface area contributed by atoms with Crippen molar-refractivity contribution in [2.75, 3.05) is 32.7 Å². The Kier molecular flexibility index (Phi) is 5.09. The molecular formula is C15H21FN2O2. The van der Waals surface area contributed by atoms with E-state index in [9.17, 15) is 9.18 Å². The second kappa shape index (κ2) is 6.81. The fourth-order valence-electron chi connectivity index (χ4n) is 2.46. The normalized spacial score (nSPS) is 18.9. The lowest BCUT2D eigenvalue weighted by molar-refractivity contribution is -0.141. The lowest BCUT2D eigenvalue weighted by Gasteiger charge is -2.35. The van der Waals surface area contributed by atoms with Gasteiger partial charge in [0.1, 0.15) is 5.82 Å². The predicted molar refractivity (Wildman–Crippen MR) is 74.9 cm³/mol. The van der Waals surface area contributed by atoms with Gasteiger partial charge in [-0.1, -0.05) is 25.1 Å². The van der Waals surface area contributed by atoms with Crippen LogP contribution in [0.4, 0.5) is 4.39 Å². The summed E-state index contributed by atoms with van der Waals surface area (Å²) in [6.07, 6.45) is 0. The monoisotopic (exact) mass is 280 g/mol. The Morgan fingerprint density at radius 3 is 2.45 bits per heavy atom. The summed E-state index contributed by atoms with van der Waals surface area (Å²) in [5.41, 5.74) is 0.722. The molecule has 0 saturated carbocycles. The van der Waals surface area contributed by atoms with E-state index in [2.05, 4.69) is 9.80 Å². The highest BCUT2D eigenvalue weighted by molar-refractivity contribution is 5.69. The molecule has 20 heavy (non-hydrogen) atoms. The van der Waals surface area contributed by atoms with Gasteiger partial charge in [-0.2, -0.15) is 0 Å². The van der Waals surface area contributed by atoms with Gasteiger partial charge < -0.3 is 5.11 Å². The molecule has 1 aromatic carbocycles. The summed E-state index contributed by atoms with van der Waals surface area (Å²) < 4.78 is 13.6. The van der Waals surface area contributed by atoms with E-state index in [-0.39, 0.29) is 11.7 Å². The van der Waals surface area contributed by atoms with Crippen LogP contribution in [0, 0.1) is 11.7 Å². The second-order valence-electron chi connectivity index (χ2n) is 5.41. The Balaban J connectivity index is 1.80. The van der Waals surface area contributed by atoms with Gasteiger partial charge in [0.2, 0.25) is 0 Å². The number of carbonyl (C=O) groups is 1. The van der Waals surface area contributed by atoms with Gasteiger partial charge >= 0.3 is 5.97 Å². The molecule has 1 saturated heterocycles. The number of aliphatic carboxylic acids is 1. The van der Waals surface area contributed by atoms with Crippen LogP contribution in [-0.4, -0.2) is 53.6 Å². The zero-order valence-corrected chi connectivity index (χ0v) is 11.8. The average Bonchev–Trinajstić information content (AvgIpc) is 2.43. The lowest BCUT2D eigenvalue weighted by atomic mass is 10.1. The molecule has 1 unspecified atom stereocenters. The maximum atomic E-state index is 13.6. The van der Waals surface area contributed by atoms with E-state index in [4.69, 9.17) is 5.11 Å². The molecule has 4 nitrogen and oxygen atoms in total. The van der Waals surface area contributed by atoms with Crippen LogP contribution in [-0.2, 0) is 11.3 Å². The number of halogens is 1. The van der Waals surface area contributed by atoms with E-state index in [1.165, 1.54) is 6.07 Å². The fourth-order valence-corrected chi connectivity index (χ4v) is 2.46. The zero-order chi connectivity index (χ0) is 14.5. The number of carboxylic acid groups (broad SMARTS) is 1. The van der Waals surface area contributed by atoms with Crippen molar-refractivity contribution in [3.63, 3.8) is 0 Å². The summed E-state index contributed by atoms with van der Waals surface area (Å²) >= 11 is 0. The molecule has 1 fully saturated rings. The minimum atomic E-state index is -0.751. The van der Waals surface area contributed by atoms with Crippen molar-refractivity contribution in [2.45, 2.75) is 13.5 Å². The molecule has 110 valence electrons. The first-order valence-electron chi connectivity index (χ1n) is 6.97. The molecule has 0 amide bonds. The first kappa shape index (κ1) is 14.9. The number of hydrogen-bond acceptors (Lipinski definition) is 3. The summed E-state index contributed by atoms with van der Waals surface area (Å²) in [7, 11) is 0. The van der Waals surface area contributed by atoms with Crippen LogP contribution in [0.25, 0.3) is 0 Å². The molecule has 0 aliphatic carbocycles. The molecule has 1 atom stereocenters. The smallest absolute Gasteiger partial charge is 0.307 e. The molecule has 0 spiro atoms. The molecule has 0 radical (unpaired) electrons. The predicted octanol–water partition coefficient (Wildman–Crippen LogP) is 1.66. The van der Waals surface area contributed by atoms with Crippen molar-refractivity contribution in [2.24, 2.45) is 5.92 Å². The number of carboxylic acids is 1. The third-order valence-corrected chi connectivity index (χ3v) is 3.77. The van der Waals surface area contributed by atoms with Crippen molar-refractivity contribution in [3.05, 3.63) is 35.6 Å². The third-order valence-electron chi connectivity index (χ3n) is 3.77. The summed E-state index contributed by atoms with van der Waals surface area (Å²) in [6, 6.07) is 6.85. The van der Waals surface area contributed by atoms with Crippen LogP contribution in [0.1, 0.15) is 12.5 Å². The average molecular weight is 280 g/mol. The van der Waals surface area contributed by atoms with E-state index in [1.807, 2.05) is 12.1 Å². The Bertz CT molecular complexity index is 459. The van der Waals surface area contributed by atoms with Crippen molar-refractivity contribution in [3.8, 4) is 0 Å². The highest BCUT2D eigenvalue weighted by atomic mass is 19.1. The van der Waals surface area contributed by atoms with E-state index in [0.29, 0.717) is 13.1 Å². The Morgan fingerprint density at radius 1 is 1.25 bits per heavy atom. The van der Waals surface area contributed by atoms with Gasteiger partial charge in [0.05, 0.1) is 5.92 Å². The largest absolute Gasteiger partial charge is 0.481 e. The zero-order valence-electron chi connectivity index (χ0n) is 11.8. The summed E-state index contributed by atoms with van der Waals surface area (Å²) in [5.74, 6) is -1.25. The highest BCUT2D eigenvalue weighted by Crippen LogP contribution is 2.12. The molecule has 2 rings (SSSR count). The van der Waals surface area contributed by atoms with Gasteiger partial charge in [0.15, 0.2) is 0 Å². The van der Waals surface area contributed by atoms with Gasteiger partial charge in [-0.05, 0) is 6.07 Å². The molecule has 1 heterocycles. The first-order valence-corrected chi connectivity index (χ1v) is 6.97. The minimum absolute atomic E-state index is 0.158. The van der Waals surface area contributed by atoms with Crippen LogP contribution in [0.2, 0.25) is 0 Å². The minimum Gasteiger partial charge on any atom is -0.481 e. The Morgan fingerprint density at radius 2 is 1.85 bits per heavy atom. The molecule has 1 aliphatic heterocycles. The maximum Gasteiger partial charge on any atom is 0.307 e. The number of hydrogen-bond donors (Lipinski definition) is 1. The van der Waals surface area contributed by atoms with Crippen LogP contribution in [0.5, 0.6) is 0 Å². The van der Waals surface area contributed by atoms with Gasteiger partial charge in [0, 0.05) is 44.8 Å². The number of piperazine rings is 1. The molecule has 0 aromatic heterocycles. The van der Waals surface area contributed by atoms with Crippen molar-refractivity contribution < 1.29 is 14.3 Å². The fraction of sp³-hybridized carbons (Fsp3) is 0.533. The molecule has 1 aliphatic rings. The maximum absolute atomic E-state index is 13.6. The SMILES string of the molecule is CC(CN1CCN(Cc2ccccc2F)CC1)C(=O)O. The van der Waals surface area contributed by atoms with Crippen molar-refractivity contribution >= 4 is 5.97 Å². The first-order chi connectivity index (χ1) is 9.56. The van der Waals surface area contributed by atoms with E-state index < -0.39 is 5.97 Å².